The first kappa shape index (κ1) is 11.2. The number of hydrogen-bond acceptors (Lipinski definition) is 2. The molecule has 0 bridgehead atoms. The Bertz CT molecular complexity index is 219. The van der Waals surface area contributed by atoms with Crippen LogP contribution in [0.4, 0.5) is 0 Å². The third-order valence-electron chi connectivity index (χ3n) is 2.53. The van der Waals surface area contributed by atoms with E-state index in [1.165, 1.54) is 0 Å². The average molecular weight is 196 g/mol. The molecule has 3 heteroatoms. The Hall–Kier alpha value is -0.830. The molecule has 0 aromatic carbocycles. The highest BCUT2D eigenvalue weighted by Crippen LogP contribution is 2.12. The second-order valence-corrected chi connectivity index (χ2v) is 4.19. The minimum absolute atomic E-state index is 0.174. The maximum absolute atomic E-state index is 11.9. The fourth-order valence-electron chi connectivity index (χ4n) is 1.86. The predicted molar refractivity (Wildman–Crippen MR) is 58.0 cm³/mol. The number of carbonyl (C=O) groups excluding carboxylic acids is 1. The first-order valence-corrected chi connectivity index (χ1v) is 5.21. The van der Waals surface area contributed by atoms with Crippen molar-refractivity contribution in [3.8, 4) is 0 Å². The van der Waals surface area contributed by atoms with Gasteiger partial charge in [-0.2, -0.15) is 0 Å². The van der Waals surface area contributed by atoms with E-state index in [0.29, 0.717) is 6.54 Å². The smallest absolute Gasteiger partial charge is 0.226 e. The van der Waals surface area contributed by atoms with Crippen LogP contribution in [0, 0.1) is 5.92 Å². The lowest BCUT2D eigenvalue weighted by atomic mass is 9.98. The molecule has 1 aliphatic rings. The molecule has 1 amide bonds. The summed E-state index contributed by atoms with van der Waals surface area (Å²) in [6, 6.07) is 0. The molecule has 1 rings (SSSR count). The van der Waals surface area contributed by atoms with E-state index in [2.05, 4.69) is 11.9 Å². The summed E-state index contributed by atoms with van der Waals surface area (Å²) in [6.45, 7) is 8.32. The van der Waals surface area contributed by atoms with E-state index < -0.39 is 0 Å². The first-order valence-electron chi connectivity index (χ1n) is 5.21. The molecular formula is C11H20N2O. The summed E-state index contributed by atoms with van der Waals surface area (Å²) in [5.74, 6) is 0.424. The summed E-state index contributed by atoms with van der Waals surface area (Å²) in [5.41, 5.74) is 1.03. The molecule has 1 heterocycles. The van der Waals surface area contributed by atoms with Crippen LogP contribution in [0.3, 0.4) is 0 Å². The van der Waals surface area contributed by atoms with Crippen LogP contribution >= 0.6 is 0 Å². The molecule has 0 aliphatic carbocycles. The van der Waals surface area contributed by atoms with E-state index in [0.717, 1.165) is 31.5 Å². The topological polar surface area (TPSA) is 32.3 Å². The van der Waals surface area contributed by atoms with Crippen LogP contribution in [0.5, 0.6) is 0 Å². The van der Waals surface area contributed by atoms with Crippen molar-refractivity contribution in [1.82, 2.24) is 10.2 Å². The van der Waals surface area contributed by atoms with Gasteiger partial charge in [-0.1, -0.05) is 12.2 Å². The Kier molecular flexibility index (Phi) is 4.14. The molecule has 1 N–H and O–H groups in total. The van der Waals surface area contributed by atoms with Gasteiger partial charge in [0.05, 0.1) is 5.92 Å². The minimum Gasteiger partial charge on any atom is -0.342 e. The molecule has 1 fully saturated rings. The molecule has 14 heavy (non-hydrogen) atoms. The number of nitrogens with one attached hydrogen (secondary N) is 1. The van der Waals surface area contributed by atoms with Gasteiger partial charge in [0.15, 0.2) is 0 Å². The van der Waals surface area contributed by atoms with Gasteiger partial charge in [-0.3, -0.25) is 4.79 Å². The number of carbonyl (C=O) groups is 1. The maximum Gasteiger partial charge on any atom is 0.226 e. The third kappa shape index (κ3) is 3.14. The van der Waals surface area contributed by atoms with Crippen LogP contribution in [0.15, 0.2) is 12.2 Å². The maximum atomic E-state index is 11.9. The van der Waals surface area contributed by atoms with Crippen LogP contribution in [0.2, 0.25) is 0 Å². The normalized spacial score (nSPS) is 21.7. The number of piperidine rings is 1. The Balaban J connectivity index is 2.42. The highest BCUT2D eigenvalue weighted by atomic mass is 16.2. The lowest BCUT2D eigenvalue weighted by Gasteiger charge is -2.27. The molecule has 80 valence electrons. The number of rotatable bonds is 3. The van der Waals surface area contributed by atoms with E-state index in [-0.39, 0.29) is 11.8 Å². The zero-order chi connectivity index (χ0) is 10.6. The monoisotopic (exact) mass is 196 g/mol. The van der Waals surface area contributed by atoms with E-state index in [9.17, 15) is 4.79 Å². The van der Waals surface area contributed by atoms with Gasteiger partial charge in [-0.15, -0.1) is 0 Å². The number of nitrogens with zero attached hydrogens (tertiary/aromatic N) is 1. The Labute approximate surface area is 86.2 Å². The first-order chi connectivity index (χ1) is 6.61. The van der Waals surface area contributed by atoms with Crippen molar-refractivity contribution in [2.24, 2.45) is 5.92 Å². The van der Waals surface area contributed by atoms with Gasteiger partial charge < -0.3 is 10.2 Å². The summed E-state index contributed by atoms with van der Waals surface area (Å²) in [4.78, 5) is 13.7. The molecular weight excluding hydrogens is 176 g/mol. The van der Waals surface area contributed by atoms with Crippen LogP contribution in [-0.2, 0) is 4.79 Å². The number of hydrogen-bond donors (Lipinski definition) is 1. The van der Waals surface area contributed by atoms with E-state index in [1.807, 2.05) is 14.0 Å². The molecule has 0 spiro atoms. The lowest BCUT2D eigenvalue weighted by molar-refractivity contribution is -0.134. The second-order valence-electron chi connectivity index (χ2n) is 4.19. The standard InChI is InChI=1S/C11H20N2O/c1-9(2)8-13(3)11(14)10-5-4-6-12-7-10/h10,12H,1,4-8H2,2-3H3/t10-/m1/s1. The summed E-state index contributed by atoms with van der Waals surface area (Å²) < 4.78 is 0. The lowest BCUT2D eigenvalue weighted by Crippen LogP contribution is -2.41. The van der Waals surface area contributed by atoms with Crippen molar-refractivity contribution in [2.45, 2.75) is 19.8 Å². The van der Waals surface area contributed by atoms with Crippen molar-refractivity contribution in [1.29, 1.82) is 0 Å². The molecule has 0 aromatic rings. The Morgan fingerprint density at radius 3 is 2.86 bits per heavy atom. The van der Waals surface area contributed by atoms with Gasteiger partial charge in [0.25, 0.3) is 0 Å². The molecule has 1 atom stereocenters. The van der Waals surface area contributed by atoms with Gasteiger partial charge in [0.2, 0.25) is 5.91 Å². The highest BCUT2D eigenvalue weighted by Gasteiger charge is 2.23. The largest absolute Gasteiger partial charge is 0.342 e. The molecule has 0 unspecified atom stereocenters. The summed E-state index contributed by atoms with van der Waals surface area (Å²) in [6.07, 6.45) is 2.13. The van der Waals surface area contributed by atoms with Gasteiger partial charge in [0.1, 0.15) is 0 Å². The van der Waals surface area contributed by atoms with Gasteiger partial charge in [-0.05, 0) is 26.3 Å². The number of amides is 1. The van der Waals surface area contributed by atoms with E-state index >= 15 is 0 Å². The Morgan fingerprint density at radius 1 is 1.64 bits per heavy atom. The summed E-state index contributed by atoms with van der Waals surface area (Å²) in [5, 5.41) is 3.25. The van der Waals surface area contributed by atoms with Crippen molar-refractivity contribution >= 4 is 5.91 Å². The van der Waals surface area contributed by atoms with Crippen LogP contribution < -0.4 is 5.32 Å². The van der Waals surface area contributed by atoms with Gasteiger partial charge in [0, 0.05) is 20.1 Å². The van der Waals surface area contributed by atoms with Crippen molar-refractivity contribution in [3.05, 3.63) is 12.2 Å². The molecule has 0 saturated carbocycles. The SMILES string of the molecule is C=C(C)CN(C)C(=O)[C@@H]1CCCNC1. The average Bonchev–Trinajstić information content (AvgIpc) is 2.17. The highest BCUT2D eigenvalue weighted by molar-refractivity contribution is 5.79. The van der Waals surface area contributed by atoms with Crippen molar-refractivity contribution in [2.75, 3.05) is 26.7 Å². The molecule has 3 nitrogen and oxygen atoms in total. The molecule has 1 aliphatic heterocycles. The zero-order valence-electron chi connectivity index (χ0n) is 9.18. The van der Waals surface area contributed by atoms with E-state index in [1.54, 1.807) is 4.90 Å². The van der Waals surface area contributed by atoms with Crippen LogP contribution in [0.1, 0.15) is 19.8 Å². The fourth-order valence-corrected chi connectivity index (χ4v) is 1.86. The van der Waals surface area contributed by atoms with Gasteiger partial charge >= 0.3 is 0 Å². The molecule has 1 saturated heterocycles. The second kappa shape index (κ2) is 5.15. The Morgan fingerprint density at radius 2 is 2.36 bits per heavy atom. The summed E-state index contributed by atoms with van der Waals surface area (Å²) >= 11 is 0. The predicted octanol–water partition coefficient (Wildman–Crippen LogP) is 1.02. The van der Waals surface area contributed by atoms with Crippen molar-refractivity contribution < 1.29 is 4.79 Å². The van der Waals surface area contributed by atoms with E-state index in [4.69, 9.17) is 0 Å². The number of likely N-dealkylation sites (N-methyl/N-ethyl adjacent to an activating group) is 1. The zero-order valence-corrected chi connectivity index (χ0v) is 9.18. The fraction of sp³-hybridized carbons (Fsp3) is 0.727. The van der Waals surface area contributed by atoms with Crippen molar-refractivity contribution in [3.63, 3.8) is 0 Å². The quantitative estimate of drug-likeness (QED) is 0.684. The van der Waals surface area contributed by atoms with Crippen LogP contribution in [0.25, 0.3) is 0 Å². The third-order valence-corrected chi connectivity index (χ3v) is 2.53. The van der Waals surface area contributed by atoms with Gasteiger partial charge in [-0.25, -0.2) is 0 Å². The molecule has 0 aromatic heterocycles. The van der Waals surface area contributed by atoms with Crippen LogP contribution in [-0.4, -0.2) is 37.5 Å². The molecule has 0 radical (unpaired) electrons. The summed E-state index contributed by atoms with van der Waals surface area (Å²) in [7, 11) is 1.85. The minimum atomic E-state index is 0.174.